The number of amides is 1. The maximum atomic E-state index is 12.7. The lowest BCUT2D eigenvalue weighted by molar-refractivity contribution is -0.132. The zero-order valence-electron chi connectivity index (χ0n) is 18.3. The number of hydrazone groups is 1. The van der Waals surface area contributed by atoms with Gasteiger partial charge in [-0.15, -0.1) is 0 Å². The Bertz CT molecular complexity index is 1330. The molecular formula is C24H24N4O5. The number of aromatic amines is 1. The number of aromatic hydroxyl groups is 1. The summed E-state index contributed by atoms with van der Waals surface area (Å²) in [6, 6.07) is 15.8. The van der Waals surface area contributed by atoms with Crippen molar-refractivity contribution < 1.29 is 14.6 Å². The molecule has 1 aliphatic rings. The Labute approximate surface area is 189 Å². The monoisotopic (exact) mass is 448 g/mol. The molecule has 1 aromatic heterocycles. The lowest BCUT2D eigenvalue weighted by atomic mass is 9.98. The molecule has 170 valence electrons. The van der Waals surface area contributed by atoms with Gasteiger partial charge in [0.25, 0.3) is 5.56 Å². The number of ether oxygens (including phenoxy) is 1. The zero-order valence-corrected chi connectivity index (χ0v) is 18.3. The number of carbonyl (C=O) groups excluding carboxylic acids is 1. The standard InChI is InChI=1S/C24H24N4O5/c1-3-20(29)28-18(16-11-7-8-12-19(16)33-2)13-17(26-28)21-22(30)25-24(32)27(23(21)31)14-15-9-5-4-6-10-15/h4-12,18,31H,3,13-14H2,1-2H3,(H,25,30,32)/t18-/m0/s1. The second kappa shape index (κ2) is 9.15. The molecule has 2 heterocycles. The van der Waals surface area contributed by atoms with Crippen LogP contribution in [0.25, 0.3) is 0 Å². The van der Waals surface area contributed by atoms with Crippen LogP contribution in [0.3, 0.4) is 0 Å². The second-order valence-corrected chi connectivity index (χ2v) is 7.63. The molecule has 2 N–H and O–H groups in total. The highest BCUT2D eigenvalue weighted by molar-refractivity contribution is 6.04. The van der Waals surface area contributed by atoms with Crippen LogP contribution in [0.4, 0.5) is 0 Å². The number of para-hydroxylation sites is 1. The summed E-state index contributed by atoms with van der Waals surface area (Å²) < 4.78 is 6.54. The fourth-order valence-corrected chi connectivity index (χ4v) is 3.97. The summed E-state index contributed by atoms with van der Waals surface area (Å²) in [7, 11) is 1.54. The van der Waals surface area contributed by atoms with Crippen molar-refractivity contribution in [1.82, 2.24) is 14.6 Å². The first-order valence-electron chi connectivity index (χ1n) is 10.6. The number of carbonyl (C=O) groups is 1. The number of H-pyrrole nitrogens is 1. The third-order valence-corrected chi connectivity index (χ3v) is 5.61. The highest BCUT2D eigenvalue weighted by Crippen LogP contribution is 2.38. The van der Waals surface area contributed by atoms with Crippen molar-refractivity contribution in [3.05, 3.63) is 92.1 Å². The van der Waals surface area contributed by atoms with Crippen LogP contribution < -0.4 is 16.0 Å². The van der Waals surface area contributed by atoms with Crippen molar-refractivity contribution in [3.8, 4) is 11.6 Å². The Balaban J connectivity index is 1.80. The molecular weight excluding hydrogens is 424 g/mol. The summed E-state index contributed by atoms with van der Waals surface area (Å²) >= 11 is 0. The molecule has 0 aliphatic carbocycles. The van der Waals surface area contributed by atoms with Gasteiger partial charge in [-0.1, -0.05) is 55.5 Å². The van der Waals surface area contributed by atoms with E-state index in [-0.39, 0.29) is 36.6 Å². The SMILES string of the molecule is CCC(=O)N1N=C(c2c(O)n(Cc3ccccc3)c(=O)[nH]c2=O)C[C@H]1c1ccccc1OC. The van der Waals surface area contributed by atoms with Gasteiger partial charge in [0.1, 0.15) is 11.3 Å². The van der Waals surface area contributed by atoms with Gasteiger partial charge in [-0.05, 0) is 11.6 Å². The molecule has 0 bridgehead atoms. The van der Waals surface area contributed by atoms with E-state index in [0.29, 0.717) is 5.75 Å². The van der Waals surface area contributed by atoms with Crippen molar-refractivity contribution in [3.63, 3.8) is 0 Å². The quantitative estimate of drug-likeness (QED) is 0.601. The Kier molecular flexibility index (Phi) is 6.12. The van der Waals surface area contributed by atoms with Gasteiger partial charge in [-0.2, -0.15) is 5.10 Å². The number of nitrogens with one attached hydrogen (secondary N) is 1. The van der Waals surface area contributed by atoms with Gasteiger partial charge in [-0.3, -0.25) is 19.1 Å². The van der Waals surface area contributed by atoms with Crippen LogP contribution >= 0.6 is 0 Å². The zero-order chi connectivity index (χ0) is 23.5. The molecule has 0 saturated heterocycles. The van der Waals surface area contributed by atoms with Crippen LogP contribution in [0.5, 0.6) is 11.6 Å². The van der Waals surface area contributed by atoms with Crippen LogP contribution in [0.15, 0.2) is 69.3 Å². The maximum absolute atomic E-state index is 12.7. The Morgan fingerprint density at radius 1 is 1.15 bits per heavy atom. The number of hydrogen-bond donors (Lipinski definition) is 2. The Hall–Kier alpha value is -4.14. The van der Waals surface area contributed by atoms with Crippen LogP contribution in [-0.2, 0) is 11.3 Å². The third-order valence-electron chi connectivity index (χ3n) is 5.61. The third kappa shape index (κ3) is 4.17. The number of benzene rings is 2. The minimum absolute atomic E-state index is 0.0656. The minimum atomic E-state index is -0.759. The van der Waals surface area contributed by atoms with Crippen molar-refractivity contribution in [2.24, 2.45) is 5.10 Å². The van der Waals surface area contributed by atoms with Crippen molar-refractivity contribution in [2.75, 3.05) is 7.11 Å². The second-order valence-electron chi connectivity index (χ2n) is 7.63. The Morgan fingerprint density at radius 3 is 2.55 bits per heavy atom. The van der Waals surface area contributed by atoms with Crippen molar-refractivity contribution in [1.29, 1.82) is 0 Å². The first-order chi connectivity index (χ1) is 15.9. The average Bonchev–Trinajstić information content (AvgIpc) is 3.26. The van der Waals surface area contributed by atoms with E-state index < -0.39 is 23.2 Å². The molecule has 1 aliphatic heterocycles. The molecule has 0 radical (unpaired) electrons. The predicted octanol–water partition coefficient (Wildman–Crippen LogP) is 2.39. The molecule has 0 fully saturated rings. The van der Waals surface area contributed by atoms with Gasteiger partial charge in [0.05, 0.1) is 25.4 Å². The number of nitrogens with zero attached hydrogens (tertiary/aromatic N) is 3. The molecule has 2 aromatic carbocycles. The van der Waals surface area contributed by atoms with E-state index in [4.69, 9.17) is 4.74 Å². The van der Waals surface area contributed by atoms with Gasteiger partial charge in [0.15, 0.2) is 0 Å². The van der Waals surface area contributed by atoms with Crippen LogP contribution in [0.1, 0.15) is 42.5 Å². The normalized spacial score (nSPS) is 15.4. The lowest BCUT2D eigenvalue weighted by Crippen LogP contribution is -2.34. The van der Waals surface area contributed by atoms with Crippen molar-refractivity contribution >= 4 is 11.6 Å². The van der Waals surface area contributed by atoms with E-state index in [2.05, 4.69) is 10.1 Å². The number of aromatic nitrogens is 2. The van der Waals surface area contributed by atoms with E-state index in [9.17, 15) is 19.5 Å². The fourth-order valence-electron chi connectivity index (χ4n) is 3.97. The molecule has 9 nitrogen and oxygen atoms in total. The maximum Gasteiger partial charge on any atom is 0.331 e. The fraction of sp³-hybridized carbons (Fsp3) is 0.250. The van der Waals surface area contributed by atoms with E-state index in [0.717, 1.165) is 15.7 Å². The summed E-state index contributed by atoms with van der Waals surface area (Å²) in [6.07, 6.45) is 0.380. The summed E-state index contributed by atoms with van der Waals surface area (Å²) in [4.78, 5) is 40.1. The van der Waals surface area contributed by atoms with Gasteiger partial charge in [-0.25, -0.2) is 9.80 Å². The summed E-state index contributed by atoms with van der Waals surface area (Å²) in [6.45, 7) is 1.79. The highest BCUT2D eigenvalue weighted by Gasteiger charge is 2.36. The molecule has 9 heteroatoms. The average molecular weight is 448 g/mol. The molecule has 3 aromatic rings. The first kappa shape index (κ1) is 22.1. The number of rotatable bonds is 6. The van der Waals surface area contributed by atoms with Gasteiger partial charge >= 0.3 is 5.69 Å². The number of hydrogen-bond acceptors (Lipinski definition) is 6. The summed E-state index contributed by atoms with van der Waals surface area (Å²) in [5, 5.41) is 16.7. The topological polar surface area (TPSA) is 117 Å². The van der Waals surface area contributed by atoms with E-state index >= 15 is 0 Å². The largest absolute Gasteiger partial charge is 0.496 e. The predicted molar refractivity (Wildman–Crippen MR) is 123 cm³/mol. The van der Waals surface area contributed by atoms with Gasteiger partial charge in [0, 0.05) is 18.4 Å². The molecule has 4 rings (SSSR count). The summed E-state index contributed by atoms with van der Waals surface area (Å²) in [5.41, 5.74) is 0.103. The van der Waals surface area contributed by atoms with E-state index in [1.807, 2.05) is 48.5 Å². The lowest BCUT2D eigenvalue weighted by Gasteiger charge is -2.23. The van der Waals surface area contributed by atoms with Crippen LogP contribution in [-0.4, -0.2) is 38.4 Å². The Morgan fingerprint density at radius 2 is 1.85 bits per heavy atom. The molecule has 33 heavy (non-hydrogen) atoms. The van der Waals surface area contributed by atoms with Gasteiger partial charge in [0.2, 0.25) is 11.8 Å². The molecule has 0 saturated carbocycles. The van der Waals surface area contributed by atoms with Crippen molar-refractivity contribution in [2.45, 2.75) is 32.4 Å². The molecule has 0 unspecified atom stereocenters. The molecule has 1 amide bonds. The minimum Gasteiger partial charge on any atom is -0.496 e. The van der Waals surface area contributed by atoms with E-state index in [1.165, 1.54) is 12.1 Å². The van der Waals surface area contributed by atoms with Gasteiger partial charge < -0.3 is 9.84 Å². The smallest absolute Gasteiger partial charge is 0.331 e. The van der Waals surface area contributed by atoms with E-state index in [1.54, 1.807) is 13.0 Å². The first-order valence-corrected chi connectivity index (χ1v) is 10.6. The van der Waals surface area contributed by atoms with Crippen LogP contribution in [0.2, 0.25) is 0 Å². The summed E-state index contributed by atoms with van der Waals surface area (Å²) in [5.74, 6) is -0.148. The molecule has 0 spiro atoms. The molecule has 1 atom stereocenters. The number of methoxy groups -OCH3 is 1. The highest BCUT2D eigenvalue weighted by atomic mass is 16.5. The van der Waals surface area contributed by atoms with Crippen LogP contribution in [0, 0.1) is 0 Å².